The lowest BCUT2D eigenvalue weighted by molar-refractivity contribution is -0.0475. The third kappa shape index (κ3) is 4.73. The van der Waals surface area contributed by atoms with Crippen LogP contribution in [0.5, 0.6) is 0 Å². The normalized spacial score (nSPS) is 20.3. The number of carbonyl (C=O) groups excluding carboxylic acids is 1. The van der Waals surface area contributed by atoms with Gasteiger partial charge in [0.2, 0.25) is 0 Å². The van der Waals surface area contributed by atoms with Gasteiger partial charge in [-0.3, -0.25) is 0 Å². The van der Waals surface area contributed by atoms with E-state index >= 15 is 0 Å². The smallest absolute Gasteiger partial charge is 0.335 e. The fourth-order valence-corrected chi connectivity index (χ4v) is 2.36. The summed E-state index contributed by atoms with van der Waals surface area (Å²) in [7, 11) is 0. The monoisotopic (exact) mass is 306 g/mol. The molecular formula is C16H22N2O4. The second-order valence-electron chi connectivity index (χ2n) is 5.80. The SMILES string of the molecule is CC(C)OC1CC(NC(=O)NCc2ccc(C(=O)O)cc2)C1. The van der Waals surface area contributed by atoms with Gasteiger partial charge in [0.25, 0.3) is 0 Å². The van der Waals surface area contributed by atoms with Crippen molar-refractivity contribution in [1.29, 1.82) is 0 Å². The van der Waals surface area contributed by atoms with Gasteiger partial charge in [-0.25, -0.2) is 9.59 Å². The fraction of sp³-hybridized carbons (Fsp3) is 0.500. The Kier molecular flexibility index (Phi) is 5.38. The van der Waals surface area contributed by atoms with Gasteiger partial charge >= 0.3 is 12.0 Å². The number of nitrogens with one attached hydrogen (secondary N) is 2. The van der Waals surface area contributed by atoms with E-state index in [1.807, 2.05) is 13.8 Å². The van der Waals surface area contributed by atoms with Crippen LogP contribution in [0.15, 0.2) is 24.3 Å². The molecule has 0 unspecified atom stereocenters. The van der Waals surface area contributed by atoms with Crippen molar-refractivity contribution in [3.63, 3.8) is 0 Å². The lowest BCUT2D eigenvalue weighted by Crippen LogP contribution is -2.51. The van der Waals surface area contributed by atoms with Crippen LogP contribution in [0.4, 0.5) is 4.79 Å². The van der Waals surface area contributed by atoms with Gasteiger partial charge in [0.15, 0.2) is 0 Å². The Labute approximate surface area is 129 Å². The molecule has 0 bridgehead atoms. The maximum atomic E-state index is 11.8. The van der Waals surface area contributed by atoms with Crippen molar-refractivity contribution in [2.24, 2.45) is 0 Å². The number of hydrogen-bond donors (Lipinski definition) is 3. The van der Waals surface area contributed by atoms with Crippen LogP contribution < -0.4 is 10.6 Å². The number of carboxylic acids is 1. The highest BCUT2D eigenvalue weighted by atomic mass is 16.5. The van der Waals surface area contributed by atoms with Crippen LogP contribution >= 0.6 is 0 Å². The van der Waals surface area contributed by atoms with Crippen LogP contribution in [0.1, 0.15) is 42.6 Å². The standard InChI is InChI=1S/C16H22N2O4/c1-10(2)22-14-7-13(8-14)18-16(21)17-9-11-3-5-12(6-4-11)15(19)20/h3-6,10,13-14H,7-9H2,1-2H3,(H,19,20)(H2,17,18,21). The summed E-state index contributed by atoms with van der Waals surface area (Å²) < 4.78 is 5.64. The van der Waals surface area contributed by atoms with Crippen molar-refractivity contribution in [2.75, 3.05) is 0 Å². The Bertz CT molecular complexity index is 521. The minimum Gasteiger partial charge on any atom is -0.478 e. The zero-order chi connectivity index (χ0) is 16.1. The zero-order valence-corrected chi connectivity index (χ0v) is 12.8. The van der Waals surface area contributed by atoms with Gasteiger partial charge in [-0.15, -0.1) is 0 Å². The number of carboxylic acid groups (broad SMARTS) is 1. The maximum Gasteiger partial charge on any atom is 0.335 e. The van der Waals surface area contributed by atoms with E-state index in [-0.39, 0.29) is 29.8 Å². The summed E-state index contributed by atoms with van der Waals surface area (Å²) >= 11 is 0. The molecule has 0 aromatic heterocycles. The number of rotatable bonds is 6. The Balaban J connectivity index is 1.67. The minimum atomic E-state index is -0.958. The van der Waals surface area contributed by atoms with Crippen LogP contribution in [0, 0.1) is 0 Å². The summed E-state index contributed by atoms with van der Waals surface area (Å²) in [5.41, 5.74) is 1.09. The third-order valence-corrected chi connectivity index (χ3v) is 3.55. The van der Waals surface area contributed by atoms with E-state index in [2.05, 4.69) is 10.6 Å². The van der Waals surface area contributed by atoms with E-state index in [0.29, 0.717) is 6.54 Å². The predicted molar refractivity (Wildman–Crippen MR) is 81.8 cm³/mol. The van der Waals surface area contributed by atoms with E-state index in [1.165, 1.54) is 12.1 Å². The second kappa shape index (κ2) is 7.26. The van der Waals surface area contributed by atoms with Gasteiger partial charge in [0, 0.05) is 12.6 Å². The Morgan fingerprint density at radius 2 is 1.91 bits per heavy atom. The first-order valence-corrected chi connectivity index (χ1v) is 7.46. The first-order chi connectivity index (χ1) is 10.4. The molecule has 1 aromatic carbocycles. The lowest BCUT2D eigenvalue weighted by Gasteiger charge is -2.36. The molecule has 1 aliphatic rings. The molecule has 22 heavy (non-hydrogen) atoms. The Morgan fingerprint density at radius 1 is 1.27 bits per heavy atom. The zero-order valence-electron chi connectivity index (χ0n) is 12.8. The van der Waals surface area contributed by atoms with Crippen molar-refractivity contribution >= 4 is 12.0 Å². The number of benzene rings is 1. The molecule has 1 fully saturated rings. The Morgan fingerprint density at radius 3 is 2.45 bits per heavy atom. The molecular weight excluding hydrogens is 284 g/mol. The predicted octanol–water partition coefficient (Wildman–Crippen LogP) is 2.14. The molecule has 6 heteroatoms. The van der Waals surface area contributed by atoms with E-state index in [9.17, 15) is 9.59 Å². The number of amides is 2. The highest BCUT2D eigenvalue weighted by Gasteiger charge is 2.31. The van der Waals surface area contributed by atoms with Crippen LogP contribution in [0.2, 0.25) is 0 Å². The van der Waals surface area contributed by atoms with Crippen molar-refractivity contribution < 1.29 is 19.4 Å². The number of urea groups is 1. The number of hydrogen-bond acceptors (Lipinski definition) is 3. The molecule has 1 aromatic rings. The van der Waals surface area contributed by atoms with Gasteiger partial charge in [0.1, 0.15) is 0 Å². The fourth-order valence-electron chi connectivity index (χ4n) is 2.36. The molecule has 2 amide bonds. The second-order valence-corrected chi connectivity index (χ2v) is 5.80. The van der Waals surface area contributed by atoms with E-state index in [4.69, 9.17) is 9.84 Å². The third-order valence-electron chi connectivity index (χ3n) is 3.55. The molecule has 0 heterocycles. The van der Waals surface area contributed by atoms with Crippen LogP contribution in [0.3, 0.4) is 0 Å². The van der Waals surface area contributed by atoms with E-state index in [1.54, 1.807) is 12.1 Å². The molecule has 2 rings (SSSR count). The molecule has 6 nitrogen and oxygen atoms in total. The first-order valence-electron chi connectivity index (χ1n) is 7.46. The molecule has 120 valence electrons. The van der Waals surface area contributed by atoms with Gasteiger partial charge in [-0.2, -0.15) is 0 Å². The molecule has 0 spiro atoms. The maximum absolute atomic E-state index is 11.8. The molecule has 0 aliphatic heterocycles. The topological polar surface area (TPSA) is 87.7 Å². The van der Waals surface area contributed by atoms with Gasteiger partial charge < -0.3 is 20.5 Å². The number of ether oxygens (including phenoxy) is 1. The lowest BCUT2D eigenvalue weighted by atomic mass is 9.89. The summed E-state index contributed by atoms with van der Waals surface area (Å²) in [5.74, 6) is -0.958. The summed E-state index contributed by atoms with van der Waals surface area (Å²) in [4.78, 5) is 22.5. The Hall–Kier alpha value is -2.08. The molecule has 1 aliphatic carbocycles. The number of aromatic carboxylic acids is 1. The molecule has 3 N–H and O–H groups in total. The van der Waals surface area contributed by atoms with E-state index in [0.717, 1.165) is 18.4 Å². The molecule has 1 saturated carbocycles. The largest absolute Gasteiger partial charge is 0.478 e. The van der Waals surface area contributed by atoms with Crippen LogP contribution in [0.25, 0.3) is 0 Å². The molecule has 0 radical (unpaired) electrons. The summed E-state index contributed by atoms with van der Waals surface area (Å²) in [6.45, 7) is 4.37. The molecule has 0 saturated heterocycles. The van der Waals surface area contributed by atoms with Crippen molar-refractivity contribution in [3.8, 4) is 0 Å². The van der Waals surface area contributed by atoms with Crippen LogP contribution in [-0.2, 0) is 11.3 Å². The highest BCUT2D eigenvalue weighted by Crippen LogP contribution is 2.24. The van der Waals surface area contributed by atoms with Gasteiger partial charge in [-0.05, 0) is 44.4 Å². The quantitative estimate of drug-likeness (QED) is 0.751. The number of carbonyl (C=O) groups is 2. The van der Waals surface area contributed by atoms with Crippen molar-refractivity contribution in [2.45, 2.75) is 51.5 Å². The van der Waals surface area contributed by atoms with Gasteiger partial charge in [-0.1, -0.05) is 12.1 Å². The average molecular weight is 306 g/mol. The van der Waals surface area contributed by atoms with Gasteiger partial charge in [0.05, 0.1) is 17.8 Å². The van der Waals surface area contributed by atoms with Crippen molar-refractivity contribution in [1.82, 2.24) is 10.6 Å². The van der Waals surface area contributed by atoms with E-state index < -0.39 is 5.97 Å². The average Bonchev–Trinajstić information content (AvgIpc) is 2.42. The minimum absolute atomic E-state index is 0.165. The van der Waals surface area contributed by atoms with Crippen LogP contribution in [-0.4, -0.2) is 35.4 Å². The summed E-state index contributed by atoms with van der Waals surface area (Å²) in [6, 6.07) is 6.39. The summed E-state index contributed by atoms with van der Waals surface area (Å²) in [5, 5.41) is 14.5. The summed E-state index contributed by atoms with van der Waals surface area (Å²) in [6.07, 6.45) is 2.15. The first kappa shape index (κ1) is 16.3. The highest BCUT2D eigenvalue weighted by molar-refractivity contribution is 5.87. The van der Waals surface area contributed by atoms with Crippen molar-refractivity contribution in [3.05, 3.63) is 35.4 Å². The molecule has 0 atom stereocenters.